The predicted molar refractivity (Wildman–Crippen MR) is 82.7 cm³/mol. The lowest BCUT2D eigenvalue weighted by molar-refractivity contribution is 0.102. The lowest BCUT2D eigenvalue weighted by atomic mass is 10.0. The second-order valence-corrected chi connectivity index (χ2v) is 4.72. The van der Waals surface area contributed by atoms with E-state index in [0.717, 1.165) is 10.8 Å². The number of halogens is 1. The third kappa shape index (κ3) is 2.56. The summed E-state index contributed by atoms with van der Waals surface area (Å²) in [5, 5.41) is 4.59. The van der Waals surface area contributed by atoms with Crippen LogP contribution in [0.1, 0.15) is 10.4 Å². The molecule has 0 aliphatic rings. The number of nitrogens with two attached hydrogens (primary N) is 1. The number of hydrogen-bond donors (Lipinski definition) is 2. The van der Waals surface area contributed by atoms with Gasteiger partial charge >= 0.3 is 0 Å². The summed E-state index contributed by atoms with van der Waals surface area (Å²) in [6, 6.07) is 17.3. The Balaban J connectivity index is 1.95. The van der Waals surface area contributed by atoms with Crippen molar-refractivity contribution >= 4 is 28.1 Å². The van der Waals surface area contributed by atoms with Gasteiger partial charge in [-0.15, -0.1) is 0 Å². The van der Waals surface area contributed by atoms with Gasteiger partial charge in [-0.2, -0.15) is 0 Å². The van der Waals surface area contributed by atoms with E-state index in [2.05, 4.69) is 5.32 Å². The Hall–Kier alpha value is -2.88. The van der Waals surface area contributed by atoms with Gasteiger partial charge < -0.3 is 11.1 Å². The molecule has 3 nitrogen and oxygen atoms in total. The first-order valence-corrected chi connectivity index (χ1v) is 6.49. The number of carbonyl (C=O) groups excluding carboxylic acids is 1. The number of amides is 1. The van der Waals surface area contributed by atoms with E-state index in [9.17, 15) is 9.18 Å². The fourth-order valence-corrected chi connectivity index (χ4v) is 2.24. The summed E-state index contributed by atoms with van der Waals surface area (Å²) < 4.78 is 13.1. The van der Waals surface area contributed by atoms with Crippen LogP contribution in [0.15, 0.2) is 60.7 Å². The molecular formula is C17H13FN2O. The molecule has 21 heavy (non-hydrogen) atoms. The molecular weight excluding hydrogens is 267 g/mol. The summed E-state index contributed by atoms with van der Waals surface area (Å²) in [4.78, 5) is 12.4. The lowest BCUT2D eigenvalue weighted by Gasteiger charge is -2.09. The number of anilines is 2. The molecule has 3 N–H and O–H groups in total. The molecule has 0 saturated carbocycles. The molecule has 1 amide bonds. The summed E-state index contributed by atoms with van der Waals surface area (Å²) in [5.74, 6) is -0.754. The van der Waals surface area contributed by atoms with E-state index < -0.39 is 5.82 Å². The van der Waals surface area contributed by atoms with Crippen molar-refractivity contribution in [2.45, 2.75) is 0 Å². The van der Waals surface area contributed by atoms with Gasteiger partial charge in [0.05, 0.1) is 5.69 Å². The highest BCUT2D eigenvalue weighted by Gasteiger charge is 2.10. The number of nitrogen functional groups attached to an aromatic ring is 1. The van der Waals surface area contributed by atoms with E-state index in [0.29, 0.717) is 11.3 Å². The van der Waals surface area contributed by atoms with Gasteiger partial charge in [0.25, 0.3) is 5.91 Å². The maximum absolute atomic E-state index is 13.1. The van der Waals surface area contributed by atoms with Crippen LogP contribution in [0, 0.1) is 5.82 Å². The van der Waals surface area contributed by atoms with E-state index in [-0.39, 0.29) is 11.6 Å². The normalized spacial score (nSPS) is 10.5. The summed E-state index contributed by atoms with van der Waals surface area (Å²) in [7, 11) is 0. The van der Waals surface area contributed by atoms with Gasteiger partial charge in [-0.1, -0.05) is 36.4 Å². The quantitative estimate of drug-likeness (QED) is 0.701. The Morgan fingerprint density at radius 1 is 1.00 bits per heavy atom. The number of rotatable bonds is 2. The van der Waals surface area contributed by atoms with Crippen molar-refractivity contribution in [2.24, 2.45) is 0 Å². The monoisotopic (exact) mass is 280 g/mol. The molecule has 0 spiro atoms. The first-order chi connectivity index (χ1) is 10.1. The molecule has 0 heterocycles. The zero-order chi connectivity index (χ0) is 14.8. The van der Waals surface area contributed by atoms with Gasteiger partial charge in [0.1, 0.15) is 5.82 Å². The highest BCUT2D eigenvalue weighted by Crippen LogP contribution is 2.21. The van der Waals surface area contributed by atoms with Gasteiger partial charge in [0.15, 0.2) is 0 Å². The van der Waals surface area contributed by atoms with Crippen LogP contribution in [-0.2, 0) is 0 Å². The molecule has 0 atom stereocenters. The standard InChI is InChI=1S/C17H13FN2O/c18-15-9-8-12(10-16(15)19)20-17(21)14-7-3-5-11-4-1-2-6-13(11)14/h1-10H,19H2,(H,20,21). The Labute approximate surface area is 121 Å². The van der Waals surface area contributed by atoms with Crippen LogP contribution < -0.4 is 11.1 Å². The highest BCUT2D eigenvalue weighted by molar-refractivity contribution is 6.13. The molecule has 4 heteroatoms. The first-order valence-electron chi connectivity index (χ1n) is 6.49. The molecule has 3 aromatic rings. The molecule has 0 aliphatic heterocycles. The third-order valence-electron chi connectivity index (χ3n) is 3.29. The summed E-state index contributed by atoms with van der Waals surface area (Å²) in [6.07, 6.45) is 0. The minimum absolute atomic E-state index is 0.00530. The second kappa shape index (κ2) is 5.25. The average Bonchev–Trinajstić information content (AvgIpc) is 2.50. The van der Waals surface area contributed by atoms with Crippen molar-refractivity contribution in [3.63, 3.8) is 0 Å². The Bertz CT molecular complexity index is 825. The molecule has 3 aromatic carbocycles. The van der Waals surface area contributed by atoms with Crippen LogP contribution in [0.25, 0.3) is 10.8 Å². The van der Waals surface area contributed by atoms with Crippen molar-refractivity contribution in [3.8, 4) is 0 Å². The minimum Gasteiger partial charge on any atom is -0.396 e. The maximum Gasteiger partial charge on any atom is 0.256 e. The molecule has 3 rings (SSSR count). The van der Waals surface area contributed by atoms with Crippen molar-refractivity contribution < 1.29 is 9.18 Å². The van der Waals surface area contributed by atoms with Crippen molar-refractivity contribution in [1.82, 2.24) is 0 Å². The van der Waals surface area contributed by atoms with Crippen LogP contribution in [0.4, 0.5) is 15.8 Å². The smallest absolute Gasteiger partial charge is 0.256 e. The predicted octanol–water partition coefficient (Wildman–Crippen LogP) is 3.81. The number of benzene rings is 3. The molecule has 0 radical (unpaired) electrons. The SMILES string of the molecule is Nc1cc(NC(=O)c2cccc3ccccc23)ccc1F. The van der Waals surface area contributed by atoms with E-state index >= 15 is 0 Å². The minimum atomic E-state index is -0.502. The first kappa shape index (κ1) is 13.1. The maximum atomic E-state index is 13.1. The summed E-state index contributed by atoms with van der Waals surface area (Å²) >= 11 is 0. The lowest BCUT2D eigenvalue weighted by Crippen LogP contribution is -2.12. The van der Waals surface area contributed by atoms with Crippen molar-refractivity contribution in [1.29, 1.82) is 0 Å². The van der Waals surface area contributed by atoms with Gasteiger partial charge in [0.2, 0.25) is 0 Å². The van der Waals surface area contributed by atoms with Crippen LogP contribution in [0.2, 0.25) is 0 Å². The summed E-state index contributed by atoms with van der Waals surface area (Å²) in [5.41, 5.74) is 6.53. The number of fused-ring (bicyclic) bond motifs is 1. The Morgan fingerprint density at radius 2 is 1.76 bits per heavy atom. The van der Waals surface area contributed by atoms with E-state index in [1.165, 1.54) is 18.2 Å². The molecule has 0 aromatic heterocycles. The van der Waals surface area contributed by atoms with E-state index in [1.807, 2.05) is 36.4 Å². The van der Waals surface area contributed by atoms with Gasteiger partial charge in [0, 0.05) is 11.3 Å². The molecule has 0 unspecified atom stereocenters. The summed E-state index contributed by atoms with van der Waals surface area (Å²) in [6.45, 7) is 0. The van der Waals surface area contributed by atoms with Gasteiger partial charge in [-0.25, -0.2) is 4.39 Å². The number of hydrogen-bond acceptors (Lipinski definition) is 2. The van der Waals surface area contributed by atoms with Gasteiger partial charge in [-0.3, -0.25) is 4.79 Å². The molecule has 0 bridgehead atoms. The number of carbonyl (C=O) groups is 1. The van der Waals surface area contributed by atoms with Crippen LogP contribution in [0.3, 0.4) is 0 Å². The topological polar surface area (TPSA) is 55.1 Å². The van der Waals surface area contributed by atoms with Gasteiger partial charge in [-0.05, 0) is 35.0 Å². The fraction of sp³-hybridized carbons (Fsp3) is 0. The molecule has 0 saturated heterocycles. The van der Waals surface area contributed by atoms with Crippen LogP contribution in [0.5, 0.6) is 0 Å². The van der Waals surface area contributed by atoms with Crippen LogP contribution in [-0.4, -0.2) is 5.91 Å². The Kier molecular flexibility index (Phi) is 3.28. The van der Waals surface area contributed by atoms with Crippen molar-refractivity contribution in [2.75, 3.05) is 11.1 Å². The largest absolute Gasteiger partial charge is 0.396 e. The van der Waals surface area contributed by atoms with Crippen molar-refractivity contribution in [3.05, 3.63) is 72.0 Å². The molecule has 0 aliphatic carbocycles. The Morgan fingerprint density at radius 3 is 2.57 bits per heavy atom. The number of nitrogens with one attached hydrogen (secondary N) is 1. The zero-order valence-corrected chi connectivity index (χ0v) is 11.1. The van der Waals surface area contributed by atoms with E-state index in [4.69, 9.17) is 5.73 Å². The molecule has 0 fully saturated rings. The van der Waals surface area contributed by atoms with E-state index in [1.54, 1.807) is 6.07 Å². The third-order valence-corrected chi connectivity index (χ3v) is 3.29. The van der Waals surface area contributed by atoms with Crippen LogP contribution >= 0.6 is 0 Å². The second-order valence-electron chi connectivity index (χ2n) is 4.72. The molecule has 104 valence electrons. The zero-order valence-electron chi connectivity index (χ0n) is 11.1. The average molecular weight is 280 g/mol. The fourth-order valence-electron chi connectivity index (χ4n) is 2.24. The highest BCUT2D eigenvalue weighted by atomic mass is 19.1.